The second kappa shape index (κ2) is 5.12. The molecule has 0 aliphatic rings. The first kappa shape index (κ1) is 12.7. The smallest absolute Gasteiger partial charge is 0.237 e. The minimum atomic E-state index is -0.465. The Morgan fingerprint density at radius 1 is 1.31 bits per heavy atom. The highest BCUT2D eigenvalue weighted by molar-refractivity contribution is 5.81. The molecular formula is C13H20N2O. The van der Waals surface area contributed by atoms with E-state index in [0.717, 1.165) is 5.56 Å². The lowest BCUT2D eigenvalue weighted by molar-refractivity contribution is -0.122. The van der Waals surface area contributed by atoms with Crippen LogP contribution < -0.4 is 11.1 Å². The molecule has 1 rings (SSSR count). The highest BCUT2D eigenvalue weighted by atomic mass is 16.2. The minimum absolute atomic E-state index is 0.00148. The molecule has 3 N–H and O–H groups in total. The summed E-state index contributed by atoms with van der Waals surface area (Å²) < 4.78 is 0. The zero-order valence-electron chi connectivity index (χ0n) is 10.4. The lowest BCUT2D eigenvalue weighted by atomic mass is 10.00. The predicted molar refractivity (Wildman–Crippen MR) is 66.1 cm³/mol. The molecule has 0 saturated heterocycles. The maximum Gasteiger partial charge on any atom is 0.237 e. The van der Waals surface area contributed by atoms with Crippen molar-refractivity contribution in [3.05, 3.63) is 34.9 Å². The van der Waals surface area contributed by atoms with Crippen molar-refractivity contribution in [1.82, 2.24) is 5.32 Å². The van der Waals surface area contributed by atoms with Gasteiger partial charge in [0.25, 0.3) is 0 Å². The Morgan fingerprint density at radius 3 is 2.50 bits per heavy atom. The Bertz CT molecular complexity index is 386. The number of aryl methyl sites for hydroxylation is 2. The van der Waals surface area contributed by atoms with Gasteiger partial charge in [-0.2, -0.15) is 0 Å². The number of hydrogen-bond acceptors (Lipinski definition) is 2. The van der Waals surface area contributed by atoms with Crippen LogP contribution in [-0.4, -0.2) is 11.9 Å². The molecule has 1 aromatic rings. The standard InChI is InChI=1S/C13H20N2O/c1-8-5-6-9(2)12(7-8)11(4)15-13(16)10(3)14/h5-7,10-11H,14H2,1-4H3,(H,15,16). The van der Waals surface area contributed by atoms with Crippen molar-refractivity contribution in [3.63, 3.8) is 0 Å². The maximum absolute atomic E-state index is 11.5. The van der Waals surface area contributed by atoms with E-state index in [-0.39, 0.29) is 11.9 Å². The van der Waals surface area contributed by atoms with E-state index >= 15 is 0 Å². The van der Waals surface area contributed by atoms with Crippen LogP contribution in [0, 0.1) is 13.8 Å². The maximum atomic E-state index is 11.5. The zero-order chi connectivity index (χ0) is 12.3. The number of nitrogens with one attached hydrogen (secondary N) is 1. The van der Waals surface area contributed by atoms with Crippen LogP contribution in [0.2, 0.25) is 0 Å². The van der Waals surface area contributed by atoms with Crippen LogP contribution >= 0.6 is 0 Å². The molecule has 0 aromatic heterocycles. The van der Waals surface area contributed by atoms with E-state index in [9.17, 15) is 4.79 Å². The molecule has 0 bridgehead atoms. The van der Waals surface area contributed by atoms with E-state index in [2.05, 4.69) is 23.5 Å². The van der Waals surface area contributed by atoms with Gasteiger partial charge in [-0.1, -0.05) is 23.8 Å². The number of amides is 1. The van der Waals surface area contributed by atoms with E-state index in [4.69, 9.17) is 5.73 Å². The molecule has 3 nitrogen and oxygen atoms in total. The highest BCUT2D eigenvalue weighted by Crippen LogP contribution is 2.18. The second-order valence-corrected chi connectivity index (χ2v) is 4.38. The molecule has 2 unspecified atom stereocenters. The summed E-state index contributed by atoms with van der Waals surface area (Å²) in [5.74, 6) is -0.117. The van der Waals surface area contributed by atoms with Gasteiger partial charge in [-0.25, -0.2) is 0 Å². The van der Waals surface area contributed by atoms with Gasteiger partial charge in [0.15, 0.2) is 0 Å². The molecule has 1 aromatic carbocycles. The highest BCUT2D eigenvalue weighted by Gasteiger charge is 2.14. The first-order chi connectivity index (χ1) is 7.41. The third-order valence-electron chi connectivity index (χ3n) is 2.67. The number of benzene rings is 1. The van der Waals surface area contributed by atoms with Crippen molar-refractivity contribution >= 4 is 5.91 Å². The van der Waals surface area contributed by atoms with Crippen molar-refractivity contribution in [2.75, 3.05) is 0 Å². The Hall–Kier alpha value is -1.35. The van der Waals surface area contributed by atoms with Gasteiger partial charge >= 0.3 is 0 Å². The van der Waals surface area contributed by atoms with Crippen molar-refractivity contribution in [1.29, 1.82) is 0 Å². The van der Waals surface area contributed by atoms with E-state index in [1.54, 1.807) is 6.92 Å². The van der Waals surface area contributed by atoms with E-state index in [1.165, 1.54) is 11.1 Å². The molecule has 0 radical (unpaired) electrons. The van der Waals surface area contributed by atoms with Crippen molar-refractivity contribution < 1.29 is 4.79 Å². The second-order valence-electron chi connectivity index (χ2n) is 4.38. The summed E-state index contributed by atoms with van der Waals surface area (Å²) in [6.07, 6.45) is 0. The average molecular weight is 220 g/mol. The lowest BCUT2D eigenvalue weighted by Crippen LogP contribution is -2.39. The quantitative estimate of drug-likeness (QED) is 0.816. The van der Waals surface area contributed by atoms with Gasteiger partial charge in [0.2, 0.25) is 5.91 Å². The van der Waals surface area contributed by atoms with Gasteiger partial charge in [0, 0.05) is 0 Å². The molecule has 0 spiro atoms. The predicted octanol–water partition coefficient (Wildman–Crippen LogP) is 1.83. The molecule has 0 aliphatic heterocycles. The van der Waals surface area contributed by atoms with Crippen LogP contribution in [-0.2, 0) is 4.79 Å². The summed E-state index contributed by atoms with van der Waals surface area (Å²) in [5.41, 5.74) is 9.05. The lowest BCUT2D eigenvalue weighted by Gasteiger charge is -2.18. The van der Waals surface area contributed by atoms with Gasteiger partial charge in [-0.3, -0.25) is 4.79 Å². The molecule has 0 aliphatic carbocycles. The number of carbonyl (C=O) groups excluding carboxylic acids is 1. The largest absolute Gasteiger partial charge is 0.348 e. The molecule has 0 heterocycles. The van der Waals surface area contributed by atoms with E-state index in [0.29, 0.717) is 0 Å². The number of carbonyl (C=O) groups is 1. The Balaban J connectivity index is 2.84. The van der Waals surface area contributed by atoms with Gasteiger partial charge in [0.1, 0.15) is 0 Å². The molecule has 3 heteroatoms. The summed E-state index contributed by atoms with van der Waals surface area (Å²) in [5, 5.41) is 2.90. The van der Waals surface area contributed by atoms with Gasteiger partial charge < -0.3 is 11.1 Å². The summed E-state index contributed by atoms with van der Waals surface area (Å²) in [6, 6.07) is 5.77. The van der Waals surface area contributed by atoms with Crippen LogP contribution in [0.15, 0.2) is 18.2 Å². The fraction of sp³-hybridized carbons (Fsp3) is 0.462. The molecule has 16 heavy (non-hydrogen) atoms. The van der Waals surface area contributed by atoms with Gasteiger partial charge in [-0.05, 0) is 38.8 Å². The van der Waals surface area contributed by atoms with Crippen molar-refractivity contribution in [2.24, 2.45) is 5.73 Å². The summed E-state index contributed by atoms with van der Waals surface area (Å²) in [7, 11) is 0. The van der Waals surface area contributed by atoms with Gasteiger partial charge in [0.05, 0.1) is 12.1 Å². The number of hydrogen-bond donors (Lipinski definition) is 2. The van der Waals surface area contributed by atoms with Crippen LogP contribution in [0.1, 0.15) is 36.6 Å². The summed E-state index contributed by atoms with van der Waals surface area (Å²) in [4.78, 5) is 11.5. The molecular weight excluding hydrogens is 200 g/mol. The molecule has 1 amide bonds. The SMILES string of the molecule is Cc1ccc(C)c(C(C)NC(=O)C(C)N)c1. The van der Waals surface area contributed by atoms with Crippen LogP contribution in [0.25, 0.3) is 0 Å². The number of rotatable bonds is 3. The topological polar surface area (TPSA) is 55.1 Å². The molecule has 2 atom stereocenters. The monoisotopic (exact) mass is 220 g/mol. The number of nitrogens with two attached hydrogens (primary N) is 1. The summed E-state index contributed by atoms with van der Waals surface area (Å²) >= 11 is 0. The van der Waals surface area contributed by atoms with Crippen LogP contribution in [0.3, 0.4) is 0 Å². The van der Waals surface area contributed by atoms with Gasteiger partial charge in [-0.15, -0.1) is 0 Å². The van der Waals surface area contributed by atoms with Crippen molar-refractivity contribution in [3.8, 4) is 0 Å². The van der Waals surface area contributed by atoms with Crippen LogP contribution in [0.5, 0.6) is 0 Å². The first-order valence-electron chi connectivity index (χ1n) is 5.55. The first-order valence-corrected chi connectivity index (χ1v) is 5.55. The molecule has 0 saturated carbocycles. The Labute approximate surface area is 97.0 Å². The molecule has 0 fully saturated rings. The fourth-order valence-corrected chi connectivity index (χ4v) is 1.65. The minimum Gasteiger partial charge on any atom is -0.348 e. The van der Waals surface area contributed by atoms with E-state index in [1.807, 2.05) is 20.8 Å². The fourth-order valence-electron chi connectivity index (χ4n) is 1.65. The normalized spacial score (nSPS) is 14.3. The molecule has 88 valence electrons. The van der Waals surface area contributed by atoms with E-state index < -0.39 is 6.04 Å². The zero-order valence-corrected chi connectivity index (χ0v) is 10.4. The van der Waals surface area contributed by atoms with Crippen molar-refractivity contribution in [2.45, 2.75) is 39.8 Å². The Kier molecular flexibility index (Phi) is 4.07. The van der Waals surface area contributed by atoms with Crippen LogP contribution in [0.4, 0.5) is 0 Å². The summed E-state index contributed by atoms with van der Waals surface area (Å²) in [6.45, 7) is 7.75. The Morgan fingerprint density at radius 2 is 1.94 bits per heavy atom. The average Bonchev–Trinajstić information content (AvgIpc) is 2.21. The third kappa shape index (κ3) is 3.07. The third-order valence-corrected chi connectivity index (χ3v) is 2.67.